The predicted octanol–water partition coefficient (Wildman–Crippen LogP) is 4.96. The molecular formula is C27H24N2O4. The van der Waals surface area contributed by atoms with Gasteiger partial charge in [0.25, 0.3) is 0 Å². The SMILES string of the molecule is O=CCc1c(OCc2ccccc2)nc(OCc2ccccc2)nc1OCc1ccccc1. The van der Waals surface area contributed by atoms with Crippen molar-refractivity contribution in [2.24, 2.45) is 0 Å². The van der Waals surface area contributed by atoms with Gasteiger partial charge < -0.3 is 19.0 Å². The van der Waals surface area contributed by atoms with Crippen LogP contribution in [0.4, 0.5) is 0 Å². The number of benzene rings is 3. The van der Waals surface area contributed by atoms with Crippen molar-refractivity contribution in [2.45, 2.75) is 26.2 Å². The summed E-state index contributed by atoms with van der Waals surface area (Å²) in [6, 6.07) is 29.3. The van der Waals surface area contributed by atoms with E-state index in [9.17, 15) is 4.79 Å². The van der Waals surface area contributed by atoms with Crippen molar-refractivity contribution in [1.82, 2.24) is 9.97 Å². The Morgan fingerprint density at radius 3 is 1.36 bits per heavy atom. The highest BCUT2D eigenvalue weighted by Crippen LogP contribution is 2.29. The summed E-state index contributed by atoms with van der Waals surface area (Å²) in [6.45, 7) is 0.879. The minimum atomic E-state index is 0.0627. The van der Waals surface area contributed by atoms with Gasteiger partial charge in [-0.15, -0.1) is 0 Å². The maximum atomic E-state index is 11.4. The van der Waals surface area contributed by atoms with Gasteiger partial charge in [-0.3, -0.25) is 0 Å². The number of carbonyl (C=O) groups is 1. The summed E-state index contributed by atoms with van der Waals surface area (Å²) in [5.41, 5.74) is 3.43. The number of ether oxygens (including phenoxy) is 3. The molecule has 1 heterocycles. The third-order valence-corrected chi connectivity index (χ3v) is 4.85. The van der Waals surface area contributed by atoms with Crippen molar-refractivity contribution in [3.05, 3.63) is 113 Å². The Morgan fingerprint density at radius 1 is 0.576 bits per heavy atom. The van der Waals surface area contributed by atoms with Crippen molar-refractivity contribution < 1.29 is 19.0 Å². The Hall–Kier alpha value is -4.19. The zero-order valence-electron chi connectivity index (χ0n) is 18.1. The molecule has 33 heavy (non-hydrogen) atoms. The van der Waals surface area contributed by atoms with Crippen LogP contribution < -0.4 is 14.2 Å². The van der Waals surface area contributed by atoms with Crippen molar-refractivity contribution in [3.8, 4) is 17.8 Å². The van der Waals surface area contributed by atoms with Gasteiger partial charge in [0, 0.05) is 6.42 Å². The molecule has 0 saturated carbocycles. The van der Waals surface area contributed by atoms with Crippen LogP contribution in [0, 0.1) is 0 Å². The Balaban J connectivity index is 1.60. The minimum absolute atomic E-state index is 0.0627. The standard InChI is InChI=1S/C27H24N2O4/c30-17-16-24-25(31-18-21-10-4-1-5-11-21)28-27(33-20-23-14-8-3-9-15-23)29-26(24)32-19-22-12-6-2-7-13-22/h1-15,17H,16,18-20H2. The molecule has 6 heteroatoms. The number of carbonyl (C=O) groups excluding carboxylic acids is 1. The van der Waals surface area contributed by atoms with E-state index in [1.807, 2.05) is 91.0 Å². The fraction of sp³-hybridized carbons (Fsp3) is 0.148. The van der Waals surface area contributed by atoms with Crippen LogP contribution in [0.15, 0.2) is 91.0 Å². The quantitative estimate of drug-likeness (QED) is 0.307. The second-order valence-electron chi connectivity index (χ2n) is 7.29. The fourth-order valence-electron chi connectivity index (χ4n) is 3.16. The van der Waals surface area contributed by atoms with E-state index in [0.717, 1.165) is 23.0 Å². The molecule has 0 N–H and O–H groups in total. The molecule has 6 nitrogen and oxygen atoms in total. The summed E-state index contributed by atoms with van der Waals surface area (Å²) in [4.78, 5) is 20.3. The Kier molecular flexibility index (Phi) is 7.63. The Bertz CT molecular complexity index is 1090. The van der Waals surface area contributed by atoms with E-state index >= 15 is 0 Å². The lowest BCUT2D eigenvalue weighted by molar-refractivity contribution is -0.107. The lowest BCUT2D eigenvalue weighted by Crippen LogP contribution is -2.09. The van der Waals surface area contributed by atoms with Crippen LogP contribution in [0.25, 0.3) is 0 Å². The predicted molar refractivity (Wildman–Crippen MR) is 124 cm³/mol. The van der Waals surface area contributed by atoms with Crippen molar-refractivity contribution in [2.75, 3.05) is 0 Å². The van der Waals surface area contributed by atoms with Crippen LogP contribution in [-0.4, -0.2) is 16.3 Å². The Morgan fingerprint density at radius 2 is 0.970 bits per heavy atom. The third kappa shape index (κ3) is 6.40. The second kappa shape index (κ2) is 11.4. The van der Waals surface area contributed by atoms with Crippen LogP contribution >= 0.6 is 0 Å². The first-order valence-electron chi connectivity index (χ1n) is 10.7. The van der Waals surface area contributed by atoms with Crippen LogP contribution in [-0.2, 0) is 31.0 Å². The summed E-state index contributed by atoms with van der Waals surface area (Å²) in [5, 5.41) is 0. The molecule has 0 amide bonds. The van der Waals surface area contributed by atoms with Crippen LogP contribution in [0.5, 0.6) is 17.8 Å². The van der Waals surface area contributed by atoms with Gasteiger partial charge in [-0.25, -0.2) is 0 Å². The average Bonchev–Trinajstić information content (AvgIpc) is 2.88. The van der Waals surface area contributed by atoms with E-state index in [1.165, 1.54) is 0 Å². The summed E-state index contributed by atoms with van der Waals surface area (Å²) < 4.78 is 17.8. The molecule has 0 aliphatic carbocycles. The molecule has 0 aliphatic rings. The van der Waals surface area contributed by atoms with E-state index in [4.69, 9.17) is 14.2 Å². The van der Waals surface area contributed by atoms with Gasteiger partial charge >= 0.3 is 6.01 Å². The van der Waals surface area contributed by atoms with Crippen molar-refractivity contribution >= 4 is 6.29 Å². The second-order valence-corrected chi connectivity index (χ2v) is 7.29. The maximum Gasteiger partial charge on any atom is 0.323 e. The first-order chi connectivity index (χ1) is 16.3. The number of nitrogens with zero attached hydrogens (tertiary/aromatic N) is 2. The number of aldehydes is 1. The molecule has 0 saturated heterocycles. The molecule has 0 aliphatic heterocycles. The molecule has 1 aromatic heterocycles. The molecule has 0 radical (unpaired) electrons. The van der Waals surface area contributed by atoms with Gasteiger partial charge in [-0.2, -0.15) is 9.97 Å². The van der Waals surface area contributed by atoms with Crippen molar-refractivity contribution in [3.63, 3.8) is 0 Å². The first kappa shape index (κ1) is 22.0. The highest BCUT2D eigenvalue weighted by molar-refractivity contribution is 5.59. The summed E-state index contributed by atoms with van der Waals surface area (Å²) in [5.74, 6) is 0.541. The van der Waals surface area contributed by atoms with E-state index in [0.29, 0.717) is 25.4 Å². The highest BCUT2D eigenvalue weighted by atomic mass is 16.5. The van der Waals surface area contributed by atoms with Crippen LogP contribution in [0.2, 0.25) is 0 Å². The molecule has 0 spiro atoms. The monoisotopic (exact) mass is 440 g/mol. The van der Waals surface area contributed by atoms with E-state index in [-0.39, 0.29) is 24.2 Å². The first-order valence-corrected chi connectivity index (χ1v) is 10.7. The van der Waals surface area contributed by atoms with Gasteiger partial charge in [0.05, 0.1) is 5.56 Å². The molecule has 0 unspecified atom stereocenters. The van der Waals surface area contributed by atoms with Crippen LogP contribution in [0.3, 0.4) is 0 Å². The summed E-state index contributed by atoms with van der Waals surface area (Å²) in [6.07, 6.45) is 0.848. The van der Waals surface area contributed by atoms with E-state index in [2.05, 4.69) is 9.97 Å². The van der Waals surface area contributed by atoms with Crippen molar-refractivity contribution in [1.29, 1.82) is 0 Å². The number of aromatic nitrogens is 2. The lowest BCUT2D eigenvalue weighted by Gasteiger charge is -2.15. The fourth-order valence-corrected chi connectivity index (χ4v) is 3.16. The average molecular weight is 440 g/mol. The van der Waals surface area contributed by atoms with Gasteiger partial charge in [-0.1, -0.05) is 91.0 Å². The molecule has 4 rings (SSSR count). The van der Waals surface area contributed by atoms with Gasteiger partial charge in [-0.05, 0) is 16.7 Å². The van der Waals surface area contributed by atoms with Gasteiger partial charge in [0.15, 0.2) is 0 Å². The highest BCUT2D eigenvalue weighted by Gasteiger charge is 2.18. The number of hydrogen-bond donors (Lipinski definition) is 0. The summed E-state index contributed by atoms with van der Waals surface area (Å²) in [7, 11) is 0. The number of rotatable bonds is 11. The molecule has 4 aromatic rings. The smallest absolute Gasteiger partial charge is 0.323 e. The minimum Gasteiger partial charge on any atom is -0.472 e. The topological polar surface area (TPSA) is 70.5 Å². The largest absolute Gasteiger partial charge is 0.472 e. The van der Waals surface area contributed by atoms with E-state index < -0.39 is 0 Å². The normalized spacial score (nSPS) is 10.4. The molecule has 3 aromatic carbocycles. The van der Waals surface area contributed by atoms with Crippen LogP contribution in [0.1, 0.15) is 22.3 Å². The third-order valence-electron chi connectivity index (χ3n) is 4.85. The molecular weight excluding hydrogens is 416 g/mol. The zero-order valence-corrected chi connectivity index (χ0v) is 18.1. The Labute approximate surface area is 192 Å². The molecule has 0 bridgehead atoms. The molecule has 0 atom stereocenters. The number of hydrogen-bond acceptors (Lipinski definition) is 6. The zero-order chi connectivity index (χ0) is 22.7. The molecule has 0 fully saturated rings. The van der Waals surface area contributed by atoms with Gasteiger partial charge in [0.1, 0.15) is 26.1 Å². The van der Waals surface area contributed by atoms with E-state index in [1.54, 1.807) is 0 Å². The summed E-state index contributed by atoms with van der Waals surface area (Å²) >= 11 is 0. The lowest BCUT2D eigenvalue weighted by atomic mass is 10.2. The van der Waals surface area contributed by atoms with Gasteiger partial charge in [0.2, 0.25) is 11.8 Å². The maximum absolute atomic E-state index is 11.4. The molecule has 166 valence electrons.